The van der Waals surface area contributed by atoms with Gasteiger partial charge in [-0.2, -0.15) is 0 Å². The summed E-state index contributed by atoms with van der Waals surface area (Å²) in [5.41, 5.74) is 8.20. The topological polar surface area (TPSA) is 32.5 Å². The molecule has 0 bridgehead atoms. The number of anilines is 1. The van der Waals surface area contributed by atoms with Crippen molar-refractivity contribution in [3.63, 3.8) is 0 Å². The van der Waals surface area contributed by atoms with E-state index in [1.54, 1.807) is 0 Å². The molecule has 0 aromatic heterocycles. The van der Waals surface area contributed by atoms with Gasteiger partial charge in [-0.3, -0.25) is 0 Å². The van der Waals surface area contributed by atoms with E-state index in [1.165, 1.54) is 17.7 Å². The normalized spacial score (nSPS) is 10.9. The van der Waals surface area contributed by atoms with Crippen LogP contribution in [0.5, 0.6) is 0 Å². The lowest BCUT2D eigenvalue weighted by atomic mass is 10.1. The molecule has 0 unspecified atom stereocenters. The molecule has 102 valence electrons. The number of hydrogen-bond acceptors (Lipinski definition) is 3. The number of nitrogens with zero attached hydrogens (tertiary/aromatic N) is 2. The number of hydrogen-bond donors (Lipinski definition) is 1. The molecule has 0 atom stereocenters. The molecule has 0 saturated carbocycles. The first-order valence-electron chi connectivity index (χ1n) is 6.86. The molecule has 0 aliphatic heterocycles. The van der Waals surface area contributed by atoms with E-state index in [1.807, 2.05) is 0 Å². The second-order valence-corrected chi connectivity index (χ2v) is 4.94. The number of rotatable bonds is 8. The quantitative estimate of drug-likeness (QED) is 0.764. The number of nitrogens with two attached hydrogens (primary N) is 1. The molecular weight excluding hydrogens is 222 g/mol. The van der Waals surface area contributed by atoms with Gasteiger partial charge >= 0.3 is 0 Å². The molecule has 0 heterocycles. The Morgan fingerprint density at radius 2 is 1.72 bits per heavy atom. The van der Waals surface area contributed by atoms with Crippen molar-refractivity contribution in [3.05, 3.63) is 29.8 Å². The summed E-state index contributed by atoms with van der Waals surface area (Å²) in [5.74, 6) is 0. The molecule has 1 rings (SSSR count). The first-order valence-corrected chi connectivity index (χ1v) is 6.86. The Kier molecular flexibility index (Phi) is 6.76. The lowest BCUT2D eigenvalue weighted by Gasteiger charge is -2.24. The van der Waals surface area contributed by atoms with E-state index < -0.39 is 0 Å². The van der Waals surface area contributed by atoms with Gasteiger partial charge in [0.25, 0.3) is 0 Å². The van der Waals surface area contributed by atoms with E-state index in [2.05, 4.69) is 55.1 Å². The SMILES string of the molecule is CCN(CCCN(C)C)c1ccc(CCN)cc1. The van der Waals surface area contributed by atoms with Gasteiger partial charge in [0, 0.05) is 18.8 Å². The Hall–Kier alpha value is -1.06. The van der Waals surface area contributed by atoms with Gasteiger partial charge in [-0.15, -0.1) is 0 Å². The molecule has 0 amide bonds. The van der Waals surface area contributed by atoms with Crippen molar-refractivity contribution in [3.8, 4) is 0 Å². The molecule has 18 heavy (non-hydrogen) atoms. The standard InChI is InChI=1S/C15H27N3/c1-4-18(13-5-12-17(2)3)15-8-6-14(7-9-15)10-11-16/h6-9H,4-5,10-13,16H2,1-3H3. The molecular formula is C15H27N3. The average molecular weight is 249 g/mol. The van der Waals surface area contributed by atoms with Crippen molar-refractivity contribution >= 4 is 5.69 Å². The van der Waals surface area contributed by atoms with Crippen LogP contribution in [-0.2, 0) is 6.42 Å². The highest BCUT2D eigenvalue weighted by molar-refractivity contribution is 5.47. The van der Waals surface area contributed by atoms with Crippen molar-refractivity contribution in [2.24, 2.45) is 5.73 Å². The van der Waals surface area contributed by atoms with Crippen LogP contribution in [0, 0.1) is 0 Å². The van der Waals surface area contributed by atoms with Gasteiger partial charge in [-0.05, 0) is 64.6 Å². The Bertz CT molecular complexity index is 319. The monoisotopic (exact) mass is 249 g/mol. The first-order chi connectivity index (χ1) is 8.67. The minimum atomic E-state index is 0.722. The van der Waals surface area contributed by atoms with Crippen LogP contribution in [0.4, 0.5) is 5.69 Å². The Morgan fingerprint density at radius 3 is 2.22 bits per heavy atom. The highest BCUT2D eigenvalue weighted by atomic mass is 15.1. The highest BCUT2D eigenvalue weighted by Gasteiger charge is 2.04. The zero-order chi connectivity index (χ0) is 13.4. The van der Waals surface area contributed by atoms with Gasteiger partial charge < -0.3 is 15.5 Å². The van der Waals surface area contributed by atoms with E-state index in [0.29, 0.717) is 0 Å². The fourth-order valence-electron chi connectivity index (χ4n) is 2.09. The average Bonchev–Trinajstić information content (AvgIpc) is 2.36. The number of benzene rings is 1. The Labute approximate surface area is 112 Å². The smallest absolute Gasteiger partial charge is 0.0366 e. The molecule has 3 nitrogen and oxygen atoms in total. The van der Waals surface area contributed by atoms with E-state index >= 15 is 0 Å². The first kappa shape index (κ1) is 15.0. The summed E-state index contributed by atoms with van der Waals surface area (Å²) in [6.45, 7) is 6.25. The van der Waals surface area contributed by atoms with Crippen LogP contribution in [0.1, 0.15) is 18.9 Å². The molecule has 3 heteroatoms. The fourth-order valence-corrected chi connectivity index (χ4v) is 2.09. The predicted octanol–water partition coefficient (Wildman–Crippen LogP) is 1.97. The Morgan fingerprint density at radius 1 is 1.06 bits per heavy atom. The lowest BCUT2D eigenvalue weighted by Crippen LogP contribution is -2.26. The molecule has 1 aromatic rings. The summed E-state index contributed by atoms with van der Waals surface area (Å²) in [6, 6.07) is 8.81. The van der Waals surface area contributed by atoms with Gasteiger partial charge in [0.2, 0.25) is 0 Å². The van der Waals surface area contributed by atoms with Crippen LogP contribution >= 0.6 is 0 Å². The van der Waals surface area contributed by atoms with Crippen molar-refractivity contribution < 1.29 is 0 Å². The lowest BCUT2D eigenvalue weighted by molar-refractivity contribution is 0.400. The zero-order valence-corrected chi connectivity index (χ0v) is 12.0. The van der Waals surface area contributed by atoms with Crippen LogP contribution in [0.15, 0.2) is 24.3 Å². The summed E-state index contributed by atoms with van der Waals surface area (Å²) in [7, 11) is 4.25. The maximum absolute atomic E-state index is 5.56. The second kappa shape index (κ2) is 8.11. The van der Waals surface area contributed by atoms with Gasteiger partial charge in [0.1, 0.15) is 0 Å². The van der Waals surface area contributed by atoms with Crippen LogP contribution in [0.25, 0.3) is 0 Å². The Balaban J connectivity index is 2.53. The van der Waals surface area contributed by atoms with Crippen LogP contribution in [-0.4, -0.2) is 45.2 Å². The minimum absolute atomic E-state index is 0.722. The summed E-state index contributed by atoms with van der Waals surface area (Å²) in [4.78, 5) is 4.66. The molecule has 0 fully saturated rings. The van der Waals surface area contributed by atoms with Gasteiger partial charge in [0.15, 0.2) is 0 Å². The third-order valence-electron chi connectivity index (χ3n) is 3.15. The summed E-state index contributed by atoms with van der Waals surface area (Å²) < 4.78 is 0. The predicted molar refractivity (Wildman–Crippen MR) is 80.3 cm³/mol. The van der Waals surface area contributed by atoms with Crippen LogP contribution in [0.2, 0.25) is 0 Å². The maximum Gasteiger partial charge on any atom is 0.0366 e. The zero-order valence-electron chi connectivity index (χ0n) is 12.0. The highest BCUT2D eigenvalue weighted by Crippen LogP contribution is 2.15. The molecule has 0 aliphatic rings. The van der Waals surface area contributed by atoms with Crippen molar-refractivity contribution in [1.82, 2.24) is 4.90 Å². The van der Waals surface area contributed by atoms with E-state index in [9.17, 15) is 0 Å². The van der Waals surface area contributed by atoms with Crippen LogP contribution < -0.4 is 10.6 Å². The largest absolute Gasteiger partial charge is 0.372 e. The molecule has 2 N–H and O–H groups in total. The molecule has 0 spiro atoms. The van der Waals surface area contributed by atoms with Crippen molar-refractivity contribution in [2.45, 2.75) is 19.8 Å². The molecule has 1 aromatic carbocycles. The second-order valence-electron chi connectivity index (χ2n) is 4.94. The fraction of sp³-hybridized carbons (Fsp3) is 0.600. The third-order valence-corrected chi connectivity index (χ3v) is 3.15. The third kappa shape index (κ3) is 5.07. The van der Waals surface area contributed by atoms with Crippen molar-refractivity contribution in [1.29, 1.82) is 0 Å². The van der Waals surface area contributed by atoms with E-state index in [0.717, 1.165) is 32.6 Å². The molecule has 0 radical (unpaired) electrons. The minimum Gasteiger partial charge on any atom is -0.372 e. The summed E-state index contributed by atoms with van der Waals surface area (Å²) in [5, 5.41) is 0. The molecule has 0 aliphatic carbocycles. The van der Waals surface area contributed by atoms with E-state index in [-0.39, 0.29) is 0 Å². The van der Waals surface area contributed by atoms with Crippen molar-refractivity contribution in [2.75, 3.05) is 45.2 Å². The summed E-state index contributed by atoms with van der Waals surface area (Å²) >= 11 is 0. The summed E-state index contributed by atoms with van der Waals surface area (Å²) in [6.07, 6.45) is 2.17. The van der Waals surface area contributed by atoms with Gasteiger partial charge in [-0.25, -0.2) is 0 Å². The maximum atomic E-state index is 5.56. The molecule has 0 saturated heterocycles. The van der Waals surface area contributed by atoms with Crippen LogP contribution in [0.3, 0.4) is 0 Å². The van der Waals surface area contributed by atoms with Gasteiger partial charge in [0.05, 0.1) is 0 Å². The van der Waals surface area contributed by atoms with Gasteiger partial charge in [-0.1, -0.05) is 12.1 Å². The van der Waals surface area contributed by atoms with E-state index in [4.69, 9.17) is 5.73 Å².